The van der Waals surface area contributed by atoms with Crippen LogP contribution in [0.5, 0.6) is 0 Å². The Kier molecular flexibility index (Phi) is 18.7. The predicted molar refractivity (Wildman–Crippen MR) is 208 cm³/mol. The average Bonchev–Trinajstić information content (AvgIpc) is 3.59. The lowest BCUT2D eigenvalue weighted by atomic mass is 9.89. The number of nitrogens with zero attached hydrogens (tertiary/aromatic N) is 4. The molecule has 13 heteroatoms. The van der Waals surface area contributed by atoms with E-state index in [0.29, 0.717) is 31.0 Å². The molecular formula is C39H65ClN6O6. The standard InChI is InChI=1S/C39H65ClN6O6/c1-13-25(4)35(45(10)39(50)33(27(6)41-7)43-38(49)34(24(2)3)44(8)9)31(51-11)23-32(47)46-22-14-15-30(46)36(52-12)26(5)37(48)42-21-20-28-16-18-29(40)19-17-28/h16-19,24-27,30-31,33-36H,7,13-15,20-23H2,1-6,8-12H3,(H,42,48)(H,43,49)/t25-,26+,27-,30-,31+,33-,34-,35-,36+/m0/s1. The summed E-state index contributed by atoms with van der Waals surface area (Å²) < 4.78 is 11.9. The second-order valence-corrected chi connectivity index (χ2v) is 15.3. The predicted octanol–water partition coefficient (Wildman–Crippen LogP) is 4.08. The molecule has 0 spiro atoms. The average molecular weight is 749 g/mol. The lowest BCUT2D eigenvalue weighted by Gasteiger charge is -2.41. The molecule has 0 unspecified atom stereocenters. The van der Waals surface area contributed by atoms with Crippen LogP contribution in [-0.4, -0.2) is 136 Å². The molecule has 1 aromatic rings. The summed E-state index contributed by atoms with van der Waals surface area (Å²) in [7, 11) is 8.50. The van der Waals surface area contributed by atoms with Crippen LogP contribution in [0.25, 0.3) is 0 Å². The largest absolute Gasteiger partial charge is 0.379 e. The van der Waals surface area contributed by atoms with Crippen molar-refractivity contribution >= 4 is 41.9 Å². The molecule has 1 aromatic carbocycles. The Labute approximate surface area is 317 Å². The maximum absolute atomic E-state index is 14.3. The number of rotatable bonds is 21. The van der Waals surface area contributed by atoms with E-state index in [1.807, 2.05) is 82.8 Å². The van der Waals surface area contributed by atoms with E-state index in [9.17, 15) is 19.2 Å². The lowest BCUT2D eigenvalue weighted by molar-refractivity contribution is -0.147. The van der Waals surface area contributed by atoms with Gasteiger partial charge in [0.25, 0.3) is 0 Å². The van der Waals surface area contributed by atoms with E-state index in [0.717, 1.165) is 18.4 Å². The van der Waals surface area contributed by atoms with Gasteiger partial charge in [-0.3, -0.25) is 29.1 Å². The minimum atomic E-state index is -0.958. The molecule has 0 bridgehead atoms. The molecule has 0 radical (unpaired) electrons. The van der Waals surface area contributed by atoms with Gasteiger partial charge in [-0.15, -0.1) is 0 Å². The lowest BCUT2D eigenvalue weighted by Crippen LogP contribution is -2.60. The van der Waals surface area contributed by atoms with E-state index in [1.165, 1.54) is 0 Å². The van der Waals surface area contributed by atoms with E-state index in [1.54, 1.807) is 33.1 Å². The van der Waals surface area contributed by atoms with Crippen molar-refractivity contribution < 1.29 is 28.7 Å². The van der Waals surface area contributed by atoms with Gasteiger partial charge in [0, 0.05) is 39.4 Å². The fraction of sp³-hybridized carbons (Fsp3) is 0.718. The Morgan fingerprint density at radius 1 is 1.02 bits per heavy atom. The summed E-state index contributed by atoms with van der Waals surface area (Å²) in [6.45, 7) is 16.2. The number of carbonyl (C=O) groups excluding carboxylic acids is 4. The molecule has 2 N–H and O–H groups in total. The van der Waals surface area contributed by atoms with Crippen LogP contribution in [0.2, 0.25) is 5.02 Å². The van der Waals surface area contributed by atoms with Crippen molar-refractivity contribution in [3.8, 4) is 0 Å². The molecular weight excluding hydrogens is 684 g/mol. The second-order valence-electron chi connectivity index (χ2n) is 14.8. The molecule has 12 nitrogen and oxygen atoms in total. The van der Waals surface area contributed by atoms with Gasteiger partial charge in [0.1, 0.15) is 6.04 Å². The molecule has 294 valence electrons. The van der Waals surface area contributed by atoms with Crippen LogP contribution in [0, 0.1) is 17.8 Å². The number of methoxy groups -OCH3 is 2. The third-order valence-electron chi connectivity index (χ3n) is 10.7. The zero-order chi connectivity index (χ0) is 39.3. The van der Waals surface area contributed by atoms with Gasteiger partial charge in [-0.2, -0.15) is 0 Å². The quantitative estimate of drug-likeness (QED) is 0.181. The van der Waals surface area contributed by atoms with Gasteiger partial charge < -0.3 is 29.9 Å². The third-order valence-corrected chi connectivity index (χ3v) is 10.9. The highest BCUT2D eigenvalue weighted by atomic mass is 35.5. The summed E-state index contributed by atoms with van der Waals surface area (Å²) in [5.74, 6) is -1.39. The first kappa shape index (κ1) is 45.1. The number of nitrogens with one attached hydrogen (secondary N) is 2. The molecule has 1 fully saturated rings. The van der Waals surface area contributed by atoms with Gasteiger partial charge in [0.2, 0.25) is 23.6 Å². The maximum atomic E-state index is 14.3. The number of likely N-dealkylation sites (tertiary alicyclic amines) is 1. The van der Waals surface area contributed by atoms with Crippen molar-refractivity contribution in [3.63, 3.8) is 0 Å². The molecule has 9 atom stereocenters. The zero-order valence-corrected chi connectivity index (χ0v) is 34.1. The molecule has 52 heavy (non-hydrogen) atoms. The van der Waals surface area contributed by atoms with Crippen molar-refractivity contribution in [1.82, 2.24) is 25.3 Å². The smallest absolute Gasteiger partial charge is 0.247 e. The first-order valence-corrected chi connectivity index (χ1v) is 19.0. The van der Waals surface area contributed by atoms with Gasteiger partial charge in [-0.1, -0.05) is 64.8 Å². The van der Waals surface area contributed by atoms with Gasteiger partial charge in [0.05, 0.1) is 48.7 Å². The van der Waals surface area contributed by atoms with E-state index in [2.05, 4.69) is 22.3 Å². The van der Waals surface area contributed by atoms with Gasteiger partial charge in [-0.05, 0) is 76.5 Å². The highest BCUT2D eigenvalue weighted by Crippen LogP contribution is 2.29. The number of carbonyl (C=O) groups is 4. The van der Waals surface area contributed by atoms with E-state index in [4.69, 9.17) is 21.1 Å². The third kappa shape index (κ3) is 12.0. The van der Waals surface area contributed by atoms with Crippen LogP contribution in [0.3, 0.4) is 0 Å². The SMILES string of the molecule is C=N[C@@H](C)[C@H](NC(=O)[C@H](C(C)C)N(C)C)C(=O)N(C)[C@@H]([C@@H](C)CC)[C@@H](CC(=O)N1CCC[C@H]1[C@H](OC)[C@@H](C)C(=O)NCCc1ccc(Cl)cc1)OC. The van der Waals surface area contributed by atoms with Crippen LogP contribution in [-0.2, 0) is 35.1 Å². The maximum Gasteiger partial charge on any atom is 0.247 e. The van der Waals surface area contributed by atoms with Crippen molar-refractivity contribution in [2.24, 2.45) is 22.7 Å². The van der Waals surface area contributed by atoms with E-state index >= 15 is 0 Å². The normalized spacial score (nSPS) is 19.3. The first-order chi connectivity index (χ1) is 24.5. The number of hydrogen-bond acceptors (Lipinski definition) is 8. The molecule has 0 aliphatic carbocycles. The van der Waals surface area contributed by atoms with Crippen molar-refractivity contribution in [3.05, 3.63) is 34.9 Å². The summed E-state index contributed by atoms with van der Waals surface area (Å²) in [5.41, 5.74) is 1.07. The summed E-state index contributed by atoms with van der Waals surface area (Å²) in [5, 5.41) is 6.65. The molecule has 1 saturated heterocycles. The van der Waals surface area contributed by atoms with Crippen molar-refractivity contribution in [2.75, 3.05) is 48.5 Å². The van der Waals surface area contributed by atoms with Crippen molar-refractivity contribution in [1.29, 1.82) is 0 Å². The van der Waals surface area contributed by atoms with Gasteiger partial charge >= 0.3 is 0 Å². The van der Waals surface area contributed by atoms with Crippen LogP contribution in [0.4, 0.5) is 0 Å². The Hall–Kier alpha value is -3.06. The minimum Gasteiger partial charge on any atom is -0.379 e. The van der Waals surface area contributed by atoms with E-state index in [-0.39, 0.29) is 47.9 Å². The fourth-order valence-electron chi connectivity index (χ4n) is 7.53. The monoisotopic (exact) mass is 748 g/mol. The summed E-state index contributed by atoms with van der Waals surface area (Å²) in [6.07, 6.45) is 1.76. The second kappa shape index (κ2) is 21.6. The van der Waals surface area contributed by atoms with Crippen LogP contribution >= 0.6 is 11.6 Å². The Morgan fingerprint density at radius 2 is 1.65 bits per heavy atom. The Balaban J connectivity index is 2.24. The topological polar surface area (TPSA) is 133 Å². The van der Waals surface area contributed by atoms with Crippen molar-refractivity contribution in [2.45, 2.75) is 116 Å². The highest BCUT2D eigenvalue weighted by Gasteiger charge is 2.43. The number of halogens is 1. The Morgan fingerprint density at radius 3 is 2.17 bits per heavy atom. The fourth-order valence-corrected chi connectivity index (χ4v) is 7.66. The number of amides is 4. The Bertz CT molecular complexity index is 1300. The molecule has 0 aromatic heterocycles. The number of aliphatic imine (C=N–C) groups is 1. The summed E-state index contributed by atoms with van der Waals surface area (Å²) in [6, 6.07) is 4.76. The minimum absolute atomic E-state index is 0.0109. The molecule has 2 rings (SSSR count). The number of hydrogen-bond donors (Lipinski definition) is 2. The molecule has 1 aliphatic heterocycles. The number of likely N-dealkylation sites (N-methyl/N-ethyl adjacent to an activating group) is 2. The highest BCUT2D eigenvalue weighted by molar-refractivity contribution is 6.30. The molecule has 1 heterocycles. The molecule has 0 saturated carbocycles. The molecule has 4 amide bonds. The molecule has 1 aliphatic rings. The zero-order valence-electron chi connectivity index (χ0n) is 33.4. The summed E-state index contributed by atoms with van der Waals surface area (Å²) in [4.78, 5) is 64.5. The van der Waals surface area contributed by atoms with Crippen LogP contribution < -0.4 is 10.6 Å². The van der Waals surface area contributed by atoms with Crippen LogP contribution in [0.1, 0.15) is 72.8 Å². The van der Waals surface area contributed by atoms with Gasteiger partial charge in [0.15, 0.2) is 0 Å². The first-order valence-electron chi connectivity index (χ1n) is 18.6. The summed E-state index contributed by atoms with van der Waals surface area (Å²) >= 11 is 6.00. The number of ether oxygens (including phenoxy) is 2. The number of benzene rings is 1. The van der Waals surface area contributed by atoms with Crippen LogP contribution in [0.15, 0.2) is 29.3 Å². The van der Waals surface area contributed by atoms with E-state index < -0.39 is 42.3 Å². The van der Waals surface area contributed by atoms with Gasteiger partial charge in [-0.25, -0.2) is 0 Å².